The molecule has 0 aromatic heterocycles. The fourth-order valence-electron chi connectivity index (χ4n) is 4.50. The summed E-state index contributed by atoms with van der Waals surface area (Å²) in [7, 11) is 0. The molecule has 0 bridgehead atoms. The molecule has 0 fully saturated rings. The number of rotatable bonds is 22. The second-order valence-electron chi connectivity index (χ2n) is 10.4. The molecule has 0 saturated heterocycles. The van der Waals surface area contributed by atoms with Crippen LogP contribution in [0.1, 0.15) is 128 Å². The van der Waals surface area contributed by atoms with E-state index in [9.17, 15) is 0 Å². The van der Waals surface area contributed by atoms with Gasteiger partial charge in [0.05, 0.1) is 22.2 Å². The molecule has 0 aliphatic rings. The lowest BCUT2D eigenvalue weighted by atomic mass is 10.1. The molecule has 2 nitrogen and oxygen atoms in total. The van der Waals surface area contributed by atoms with Crippen molar-refractivity contribution < 1.29 is 9.47 Å². The second kappa shape index (κ2) is 21.5. The van der Waals surface area contributed by atoms with Gasteiger partial charge in [0.15, 0.2) is 0 Å². The molecular formula is C34H50Br2O2. The van der Waals surface area contributed by atoms with Crippen molar-refractivity contribution in [3.05, 3.63) is 56.5 Å². The van der Waals surface area contributed by atoms with Crippen molar-refractivity contribution in [1.82, 2.24) is 0 Å². The average Bonchev–Trinajstić information content (AvgIpc) is 2.92. The first kappa shape index (κ1) is 32.9. The summed E-state index contributed by atoms with van der Waals surface area (Å²) in [5.74, 6) is 1.83. The molecule has 0 aliphatic carbocycles. The highest BCUT2D eigenvalue weighted by molar-refractivity contribution is 9.10. The van der Waals surface area contributed by atoms with E-state index < -0.39 is 0 Å². The molecule has 0 amide bonds. The van der Waals surface area contributed by atoms with Gasteiger partial charge < -0.3 is 9.47 Å². The van der Waals surface area contributed by atoms with Gasteiger partial charge in [-0.2, -0.15) is 0 Å². The summed E-state index contributed by atoms with van der Waals surface area (Å²) in [5, 5.41) is 0. The Morgan fingerprint density at radius 1 is 0.500 bits per heavy atom. The first-order valence-electron chi connectivity index (χ1n) is 15.2. The Kier molecular flexibility index (Phi) is 18.7. The smallest absolute Gasteiger partial charge is 0.134 e. The predicted octanol–water partition coefficient (Wildman–Crippen LogP) is 12.4. The van der Waals surface area contributed by atoms with Gasteiger partial charge in [-0.05, 0) is 80.1 Å². The number of ether oxygens (including phenoxy) is 2. The van der Waals surface area contributed by atoms with Crippen LogP contribution in [0, 0.1) is 0 Å². The van der Waals surface area contributed by atoms with Crippen LogP contribution in [0.3, 0.4) is 0 Å². The van der Waals surface area contributed by atoms with Gasteiger partial charge >= 0.3 is 0 Å². The Hall–Kier alpha value is -1.26. The summed E-state index contributed by atoms with van der Waals surface area (Å²) < 4.78 is 14.2. The Balaban J connectivity index is 1.75. The summed E-state index contributed by atoms with van der Waals surface area (Å²) in [4.78, 5) is 0. The highest BCUT2D eigenvalue weighted by Crippen LogP contribution is 2.29. The lowest BCUT2D eigenvalue weighted by molar-refractivity contribution is 0.302. The zero-order valence-electron chi connectivity index (χ0n) is 23.9. The van der Waals surface area contributed by atoms with Gasteiger partial charge in [-0.15, -0.1) is 0 Å². The van der Waals surface area contributed by atoms with Crippen LogP contribution in [-0.2, 0) is 0 Å². The van der Waals surface area contributed by atoms with Crippen LogP contribution in [0.15, 0.2) is 45.3 Å². The van der Waals surface area contributed by atoms with E-state index in [2.05, 4.69) is 94.3 Å². The number of benzene rings is 2. The molecular weight excluding hydrogens is 600 g/mol. The van der Waals surface area contributed by atoms with Crippen molar-refractivity contribution in [1.29, 1.82) is 0 Å². The third-order valence-corrected chi connectivity index (χ3v) is 8.20. The standard InChI is InChI=1S/C34H50Br2O2/c1-3-5-7-9-11-13-15-17-25-37-33-27-29(21-23-31(33)35)19-20-30-22-24-32(36)34(28-30)38-26-18-16-14-12-10-8-6-4-2/h19-24,27-28H,3-18,25-26H2,1-2H3/b20-19+. The minimum atomic E-state index is 0.771. The van der Waals surface area contributed by atoms with E-state index in [1.54, 1.807) is 0 Å². The molecule has 0 heterocycles. The maximum Gasteiger partial charge on any atom is 0.134 e. The topological polar surface area (TPSA) is 18.5 Å². The van der Waals surface area contributed by atoms with Crippen molar-refractivity contribution in [2.24, 2.45) is 0 Å². The van der Waals surface area contributed by atoms with Gasteiger partial charge in [-0.1, -0.05) is 128 Å². The Bertz CT molecular complexity index is 836. The molecule has 2 aromatic carbocycles. The molecule has 0 spiro atoms. The maximum absolute atomic E-state index is 6.10. The number of hydrogen-bond acceptors (Lipinski definition) is 2. The molecule has 2 rings (SSSR count). The van der Waals surface area contributed by atoms with Gasteiger partial charge in [-0.25, -0.2) is 0 Å². The zero-order valence-corrected chi connectivity index (χ0v) is 27.1. The fourth-order valence-corrected chi connectivity index (χ4v) is 5.22. The van der Waals surface area contributed by atoms with Crippen LogP contribution in [0.25, 0.3) is 12.2 Å². The van der Waals surface area contributed by atoms with Crippen LogP contribution in [0.2, 0.25) is 0 Å². The normalized spacial score (nSPS) is 11.4. The van der Waals surface area contributed by atoms with E-state index in [-0.39, 0.29) is 0 Å². The third kappa shape index (κ3) is 14.8. The van der Waals surface area contributed by atoms with Crippen molar-refractivity contribution in [3.8, 4) is 11.5 Å². The number of halogens is 2. The summed E-state index contributed by atoms with van der Waals surface area (Å²) >= 11 is 7.29. The monoisotopic (exact) mass is 648 g/mol. The summed E-state index contributed by atoms with van der Waals surface area (Å²) in [5.41, 5.74) is 2.26. The Morgan fingerprint density at radius 2 is 0.842 bits per heavy atom. The summed E-state index contributed by atoms with van der Waals surface area (Å²) in [6.45, 7) is 6.08. The number of hydrogen-bond donors (Lipinski definition) is 0. The van der Waals surface area contributed by atoms with E-state index in [0.29, 0.717) is 0 Å². The SMILES string of the molecule is CCCCCCCCCCOc1cc(/C=C/c2ccc(Br)c(OCCCCCCCCCC)c2)ccc1Br. The van der Waals surface area contributed by atoms with Crippen LogP contribution < -0.4 is 9.47 Å². The van der Waals surface area contributed by atoms with E-state index in [0.717, 1.165) is 57.6 Å². The van der Waals surface area contributed by atoms with E-state index >= 15 is 0 Å². The molecule has 38 heavy (non-hydrogen) atoms. The van der Waals surface area contributed by atoms with Gasteiger partial charge in [0.25, 0.3) is 0 Å². The molecule has 0 atom stereocenters. The molecule has 0 saturated carbocycles. The highest BCUT2D eigenvalue weighted by Gasteiger charge is 2.04. The molecule has 0 radical (unpaired) electrons. The second-order valence-corrected chi connectivity index (χ2v) is 12.1. The predicted molar refractivity (Wildman–Crippen MR) is 173 cm³/mol. The Labute approximate surface area is 250 Å². The van der Waals surface area contributed by atoms with Crippen molar-refractivity contribution >= 4 is 44.0 Å². The van der Waals surface area contributed by atoms with Gasteiger partial charge in [0, 0.05) is 0 Å². The maximum atomic E-state index is 6.10. The lowest BCUT2D eigenvalue weighted by Crippen LogP contribution is -1.98. The molecule has 0 unspecified atom stereocenters. The molecule has 0 aliphatic heterocycles. The van der Waals surface area contributed by atoms with Crippen LogP contribution in [0.5, 0.6) is 11.5 Å². The van der Waals surface area contributed by atoms with Crippen LogP contribution in [-0.4, -0.2) is 13.2 Å². The lowest BCUT2D eigenvalue weighted by Gasteiger charge is -2.10. The minimum Gasteiger partial charge on any atom is -0.492 e. The third-order valence-electron chi connectivity index (χ3n) is 6.89. The molecule has 4 heteroatoms. The zero-order chi connectivity index (χ0) is 27.3. The molecule has 0 N–H and O–H groups in total. The minimum absolute atomic E-state index is 0.771. The van der Waals surface area contributed by atoms with Crippen molar-refractivity contribution in [2.45, 2.75) is 117 Å². The molecule has 2 aromatic rings. The first-order chi connectivity index (χ1) is 18.6. The fraction of sp³-hybridized carbons (Fsp3) is 0.588. The van der Waals surface area contributed by atoms with Gasteiger partial charge in [0.1, 0.15) is 11.5 Å². The summed E-state index contributed by atoms with van der Waals surface area (Å²) in [6, 6.07) is 12.6. The van der Waals surface area contributed by atoms with E-state index in [1.165, 1.54) is 89.9 Å². The van der Waals surface area contributed by atoms with E-state index in [4.69, 9.17) is 9.47 Å². The highest BCUT2D eigenvalue weighted by atomic mass is 79.9. The van der Waals surface area contributed by atoms with Gasteiger partial charge in [-0.3, -0.25) is 0 Å². The van der Waals surface area contributed by atoms with Crippen molar-refractivity contribution in [3.63, 3.8) is 0 Å². The largest absolute Gasteiger partial charge is 0.492 e. The molecule has 212 valence electrons. The quantitative estimate of drug-likeness (QED) is 0.0933. The van der Waals surface area contributed by atoms with Crippen LogP contribution in [0.4, 0.5) is 0 Å². The first-order valence-corrected chi connectivity index (χ1v) is 16.8. The average molecular weight is 651 g/mol. The Morgan fingerprint density at radius 3 is 1.21 bits per heavy atom. The van der Waals surface area contributed by atoms with Gasteiger partial charge in [0.2, 0.25) is 0 Å². The van der Waals surface area contributed by atoms with Crippen LogP contribution >= 0.6 is 31.9 Å². The van der Waals surface area contributed by atoms with E-state index in [1.807, 2.05) is 0 Å². The number of unbranched alkanes of at least 4 members (excludes halogenated alkanes) is 14. The summed E-state index contributed by atoms with van der Waals surface area (Å²) in [6.07, 6.45) is 25.2. The van der Waals surface area contributed by atoms with Crippen molar-refractivity contribution in [2.75, 3.05) is 13.2 Å².